The highest BCUT2D eigenvalue weighted by atomic mass is 35.5. The number of benzene rings is 2. The van der Waals surface area contributed by atoms with Crippen LogP contribution in [0.1, 0.15) is 42.9 Å². The number of carbonyl (C=O) groups excluding carboxylic acids is 3. The third-order valence-electron chi connectivity index (χ3n) is 5.85. The third kappa shape index (κ3) is 3.98. The number of hydrogen-bond acceptors (Lipinski definition) is 3. The fourth-order valence-corrected chi connectivity index (χ4v) is 4.30. The normalized spacial score (nSPS) is 24.7. The molecule has 7 heteroatoms. The van der Waals surface area contributed by atoms with E-state index in [1.165, 1.54) is 0 Å². The Labute approximate surface area is 174 Å². The fraction of sp³-hybridized carbons (Fsp3) is 0.318. The Hall–Kier alpha value is -2.86. The molecule has 4 rings (SSSR count). The maximum atomic E-state index is 13.0. The van der Waals surface area contributed by atoms with Crippen molar-refractivity contribution in [1.82, 2.24) is 16.0 Å². The molecule has 150 valence electrons. The molecular formula is C22H22ClN3O3. The molecule has 1 saturated carbocycles. The number of imide groups is 1. The van der Waals surface area contributed by atoms with Crippen LogP contribution in [0.2, 0.25) is 5.02 Å². The van der Waals surface area contributed by atoms with Gasteiger partial charge in [0.1, 0.15) is 5.54 Å². The second-order valence-corrected chi connectivity index (χ2v) is 8.10. The molecule has 0 bridgehead atoms. The first kappa shape index (κ1) is 19.5. The minimum absolute atomic E-state index is 0.0478. The zero-order valence-electron chi connectivity index (χ0n) is 15.8. The molecule has 0 radical (unpaired) electrons. The van der Waals surface area contributed by atoms with Crippen LogP contribution in [0.25, 0.3) is 0 Å². The van der Waals surface area contributed by atoms with Gasteiger partial charge in [-0.2, -0.15) is 0 Å². The van der Waals surface area contributed by atoms with Crippen molar-refractivity contribution < 1.29 is 14.4 Å². The Morgan fingerprint density at radius 1 is 1.00 bits per heavy atom. The lowest BCUT2D eigenvalue weighted by Gasteiger charge is -2.34. The minimum Gasteiger partial charge on any atom is -0.345 e. The van der Waals surface area contributed by atoms with Gasteiger partial charge in [-0.25, -0.2) is 4.79 Å². The first-order chi connectivity index (χ1) is 14.0. The summed E-state index contributed by atoms with van der Waals surface area (Å²) in [5.74, 6) is -0.539. The standard InChI is InChI=1S/C22H22ClN3O3/c23-17-8-6-15(7-9-17)18(14-4-2-1-3-5-14)24-19(27)16-10-12-22(13-11-16)20(28)25-21(29)26-22/h1-9,16,18H,10-13H2,(H,24,27)(H2,25,26,28,29). The molecule has 1 saturated heterocycles. The van der Waals surface area contributed by atoms with Crippen LogP contribution in [-0.2, 0) is 9.59 Å². The summed E-state index contributed by atoms with van der Waals surface area (Å²) >= 11 is 6.02. The van der Waals surface area contributed by atoms with Gasteiger partial charge in [0, 0.05) is 10.9 Å². The number of amides is 4. The van der Waals surface area contributed by atoms with Gasteiger partial charge < -0.3 is 10.6 Å². The molecule has 3 N–H and O–H groups in total. The predicted octanol–water partition coefficient (Wildman–Crippen LogP) is 3.31. The summed E-state index contributed by atoms with van der Waals surface area (Å²) in [5, 5.41) is 8.84. The maximum absolute atomic E-state index is 13.0. The van der Waals surface area contributed by atoms with Gasteiger partial charge in [0.2, 0.25) is 5.91 Å². The van der Waals surface area contributed by atoms with E-state index in [-0.39, 0.29) is 23.8 Å². The summed E-state index contributed by atoms with van der Waals surface area (Å²) in [6, 6.07) is 16.5. The number of urea groups is 1. The van der Waals surface area contributed by atoms with Gasteiger partial charge in [0.15, 0.2) is 0 Å². The Morgan fingerprint density at radius 2 is 1.62 bits per heavy atom. The van der Waals surface area contributed by atoms with Crippen LogP contribution >= 0.6 is 11.6 Å². The average molecular weight is 412 g/mol. The highest BCUT2D eigenvalue weighted by molar-refractivity contribution is 6.30. The summed E-state index contributed by atoms with van der Waals surface area (Å²) in [5.41, 5.74) is 1.07. The molecule has 6 nitrogen and oxygen atoms in total. The third-order valence-corrected chi connectivity index (χ3v) is 6.10. The zero-order chi connectivity index (χ0) is 20.4. The lowest BCUT2D eigenvalue weighted by atomic mass is 9.76. The highest BCUT2D eigenvalue weighted by Gasteiger charge is 2.49. The van der Waals surface area contributed by atoms with E-state index >= 15 is 0 Å². The van der Waals surface area contributed by atoms with Crippen LogP contribution in [0.3, 0.4) is 0 Å². The van der Waals surface area contributed by atoms with Gasteiger partial charge in [-0.05, 0) is 48.9 Å². The van der Waals surface area contributed by atoms with Crippen molar-refractivity contribution in [3.05, 3.63) is 70.7 Å². The molecule has 1 heterocycles. The first-order valence-corrected chi connectivity index (χ1v) is 10.1. The van der Waals surface area contributed by atoms with Crippen molar-refractivity contribution >= 4 is 29.4 Å². The van der Waals surface area contributed by atoms with Gasteiger partial charge in [0.05, 0.1) is 6.04 Å². The lowest BCUT2D eigenvalue weighted by molar-refractivity contribution is -0.130. The molecule has 29 heavy (non-hydrogen) atoms. The van der Waals surface area contributed by atoms with Gasteiger partial charge in [-0.15, -0.1) is 0 Å². The molecule has 0 aromatic heterocycles. The SMILES string of the molecule is O=C1NC(=O)C2(CCC(C(=O)NC(c3ccccc3)c3ccc(Cl)cc3)CC2)N1. The molecule has 1 atom stereocenters. The van der Waals surface area contributed by atoms with E-state index < -0.39 is 11.6 Å². The van der Waals surface area contributed by atoms with Crippen LogP contribution in [0, 0.1) is 5.92 Å². The molecule has 1 spiro atoms. The van der Waals surface area contributed by atoms with E-state index in [1.807, 2.05) is 54.6 Å². The topological polar surface area (TPSA) is 87.3 Å². The molecule has 4 amide bonds. The quantitative estimate of drug-likeness (QED) is 0.674. The number of hydrogen-bond donors (Lipinski definition) is 3. The van der Waals surface area contributed by atoms with Crippen LogP contribution < -0.4 is 16.0 Å². The van der Waals surface area contributed by atoms with Crippen molar-refractivity contribution in [2.45, 2.75) is 37.3 Å². The Bertz CT molecular complexity index is 922. The highest BCUT2D eigenvalue weighted by Crippen LogP contribution is 2.35. The molecule has 2 aromatic carbocycles. The average Bonchev–Trinajstić information content (AvgIpc) is 3.00. The van der Waals surface area contributed by atoms with Crippen molar-refractivity contribution in [2.24, 2.45) is 5.92 Å². The van der Waals surface area contributed by atoms with Crippen LogP contribution in [-0.4, -0.2) is 23.4 Å². The molecule has 2 fully saturated rings. The second kappa shape index (κ2) is 7.87. The number of halogens is 1. The number of carbonyl (C=O) groups is 3. The van der Waals surface area contributed by atoms with E-state index in [9.17, 15) is 14.4 Å². The smallest absolute Gasteiger partial charge is 0.322 e. The summed E-state index contributed by atoms with van der Waals surface area (Å²) in [6.07, 6.45) is 2.00. The Morgan fingerprint density at radius 3 is 2.21 bits per heavy atom. The number of rotatable bonds is 4. The Kier molecular flexibility index (Phi) is 5.28. The van der Waals surface area contributed by atoms with Crippen molar-refractivity contribution in [1.29, 1.82) is 0 Å². The van der Waals surface area contributed by atoms with Gasteiger partial charge >= 0.3 is 6.03 Å². The van der Waals surface area contributed by atoms with Gasteiger partial charge in [-0.1, -0.05) is 54.1 Å². The van der Waals surface area contributed by atoms with Crippen LogP contribution in [0.5, 0.6) is 0 Å². The lowest BCUT2D eigenvalue weighted by Crippen LogP contribution is -2.51. The molecule has 2 aromatic rings. The first-order valence-electron chi connectivity index (χ1n) is 9.71. The summed E-state index contributed by atoms with van der Waals surface area (Å²) in [7, 11) is 0. The van der Waals surface area contributed by atoms with E-state index in [0.717, 1.165) is 11.1 Å². The van der Waals surface area contributed by atoms with Crippen molar-refractivity contribution in [3.63, 3.8) is 0 Å². The molecule has 1 unspecified atom stereocenters. The van der Waals surface area contributed by atoms with Crippen molar-refractivity contribution in [3.8, 4) is 0 Å². The Balaban J connectivity index is 1.48. The summed E-state index contributed by atoms with van der Waals surface area (Å²) < 4.78 is 0. The van der Waals surface area contributed by atoms with Crippen LogP contribution in [0.15, 0.2) is 54.6 Å². The molecular weight excluding hydrogens is 390 g/mol. The van der Waals surface area contributed by atoms with E-state index in [0.29, 0.717) is 30.7 Å². The fourth-order valence-electron chi connectivity index (χ4n) is 4.17. The second-order valence-electron chi connectivity index (χ2n) is 7.67. The largest absolute Gasteiger partial charge is 0.345 e. The van der Waals surface area contributed by atoms with E-state index in [2.05, 4.69) is 16.0 Å². The maximum Gasteiger partial charge on any atom is 0.322 e. The summed E-state index contributed by atoms with van der Waals surface area (Å²) in [4.78, 5) is 36.6. The van der Waals surface area contributed by atoms with E-state index in [1.54, 1.807) is 0 Å². The summed E-state index contributed by atoms with van der Waals surface area (Å²) in [6.45, 7) is 0. The minimum atomic E-state index is -0.858. The van der Waals surface area contributed by atoms with Crippen LogP contribution in [0.4, 0.5) is 4.79 Å². The predicted molar refractivity (Wildman–Crippen MR) is 109 cm³/mol. The molecule has 1 aliphatic carbocycles. The molecule has 2 aliphatic rings. The van der Waals surface area contributed by atoms with Gasteiger partial charge in [0.25, 0.3) is 5.91 Å². The van der Waals surface area contributed by atoms with Crippen molar-refractivity contribution in [2.75, 3.05) is 0 Å². The number of nitrogens with one attached hydrogen (secondary N) is 3. The molecule has 1 aliphatic heterocycles. The monoisotopic (exact) mass is 411 g/mol. The van der Waals surface area contributed by atoms with E-state index in [4.69, 9.17) is 11.6 Å². The van der Waals surface area contributed by atoms with Gasteiger partial charge in [-0.3, -0.25) is 14.9 Å². The zero-order valence-corrected chi connectivity index (χ0v) is 16.5.